The summed E-state index contributed by atoms with van der Waals surface area (Å²) in [7, 11) is 0. The molecule has 0 atom stereocenters. The zero-order valence-corrected chi connectivity index (χ0v) is 9.11. The van der Waals surface area contributed by atoms with Crippen LogP contribution in [0.4, 0.5) is 0 Å². The van der Waals surface area contributed by atoms with Crippen LogP contribution in [0.1, 0.15) is 29.8 Å². The third-order valence-electron chi connectivity index (χ3n) is 1.76. The lowest BCUT2D eigenvalue weighted by atomic mass is 10.1. The summed E-state index contributed by atoms with van der Waals surface area (Å²) in [6.07, 6.45) is 0. The summed E-state index contributed by atoms with van der Waals surface area (Å²) in [6.45, 7) is 3.01. The van der Waals surface area contributed by atoms with Gasteiger partial charge in [-0.3, -0.25) is 4.79 Å². The minimum absolute atomic E-state index is 0.369. The van der Waals surface area contributed by atoms with Crippen LogP contribution in [0.3, 0.4) is 0 Å². The highest BCUT2D eigenvalue weighted by Gasteiger charge is 2.08. The fraction of sp³-hybridized carbons (Fsp3) is 0.231. The summed E-state index contributed by atoms with van der Waals surface area (Å²) in [5, 5.41) is 17.9. The number of Topliss-reactive ketones (excluding diaryl/α,β-unsaturated/α-hetero) is 1. The van der Waals surface area contributed by atoms with E-state index in [4.69, 9.17) is 5.26 Å². The van der Waals surface area contributed by atoms with E-state index in [1.165, 1.54) is 13.8 Å². The SMILES string of the molecule is CC(C)(O)C#CC(=O)c1ccc(C#N)cc1. The van der Waals surface area contributed by atoms with E-state index in [9.17, 15) is 9.90 Å². The topological polar surface area (TPSA) is 61.1 Å². The molecule has 0 aliphatic heterocycles. The van der Waals surface area contributed by atoms with Gasteiger partial charge >= 0.3 is 0 Å². The summed E-state index contributed by atoms with van der Waals surface area (Å²) in [4.78, 5) is 11.5. The van der Waals surface area contributed by atoms with Gasteiger partial charge in [-0.05, 0) is 44.0 Å². The Labute approximate surface area is 94.3 Å². The maximum absolute atomic E-state index is 11.5. The number of carbonyl (C=O) groups is 1. The average molecular weight is 213 g/mol. The maximum atomic E-state index is 11.5. The monoisotopic (exact) mass is 213 g/mol. The second-order valence-electron chi connectivity index (χ2n) is 3.83. The van der Waals surface area contributed by atoms with Crippen molar-refractivity contribution in [3.05, 3.63) is 35.4 Å². The number of rotatable bonds is 1. The van der Waals surface area contributed by atoms with Crippen molar-refractivity contribution in [3.8, 4) is 17.9 Å². The van der Waals surface area contributed by atoms with Gasteiger partial charge in [-0.25, -0.2) is 0 Å². The molecule has 0 aromatic heterocycles. The molecule has 0 heterocycles. The molecule has 0 saturated carbocycles. The van der Waals surface area contributed by atoms with Crippen molar-refractivity contribution >= 4 is 5.78 Å². The third-order valence-corrected chi connectivity index (χ3v) is 1.76. The highest BCUT2D eigenvalue weighted by Crippen LogP contribution is 2.04. The smallest absolute Gasteiger partial charge is 0.235 e. The second-order valence-corrected chi connectivity index (χ2v) is 3.83. The van der Waals surface area contributed by atoms with Crippen molar-refractivity contribution in [2.45, 2.75) is 19.4 Å². The molecule has 0 spiro atoms. The van der Waals surface area contributed by atoms with Crippen LogP contribution in [0.15, 0.2) is 24.3 Å². The van der Waals surface area contributed by atoms with Gasteiger partial charge in [0.1, 0.15) is 5.60 Å². The summed E-state index contributed by atoms with van der Waals surface area (Å²) in [6, 6.07) is 8.15. The Morgan fingerprint density at radius 1 is 1.31 bits per heavy atom. The fourth-order valence-electron chi connectivity index (χ4n) is 0.978. The largest absolute Gasteiger partial charge is 0.378 e. The Morgan fingerprint density at radius 3 is 2.31 bits per heavy atom. The predicted molar refractivity (Wildman–Crippen MR) is 59.6 cm³/mol. The van der Waals surface area contributed by atoms with Gasteiger partial charge in [-0.2, -0.15) is 5.26 Å². The molecular weight excluding hydrogens is 202 g/mol. The van der Waals surface area contributed by atoms with Crippen molar-refractivity contribution in [3.63, 3.8) is 0 Å². The van der Waals surface area contributed by atoms with Gasteiger partial charge in [0, 0.05) is 5.56 Å². The average Bonchev–Trinajstić information content (AvgIpc) is 2.25. The molecule has 3 nitrogen and oxygen atoms in total. The van der Waals surface area contributed by atoms with Crippen molar-refractivity contribution in [1.29, 1.82) is 5.26 Å². The zero-order chi connectivity index (χ0) is 12.2. The first-order valence-electron chi connectivity index (χ1n) is 4.72. The van der Waals surface area contributed by atoms with E-state index in [2.05, 4.69) is 11.8 Å². The lowest BCUT2D eigenvalue weighted by Crippen LogP contribution is -2.15. The third kappa shape index (κ3) is 3.57. The molecule has 3 heteroatoms. The molecular formula is C13H11NO2. The molecule has 0 fully saturated rings. The highest BCUT2D eigenvalue weighted by molar-refractivity contribution is 6.09. The maximum Gasteiger partial charge on any atom is 0.235 e. The molecule has 1 aromatic rings. The van der Waals surface area contributed by atoms with E-state index >= 15 is 0 Å². The Bertz CT molecular complexity index is 490. The molecule has 16 heavy (non-hydrogen) atoms. The number of hydrogen-bond donors (Lipinski definition) is 1. The number of ketones is 1. The van der Waals surface area contributed by atoms with Gasteiger partial charge in [-0.1, -0.05) is 5.92 Å². The zero-order valence-electron chi connectivity index (χ0n) is 9.11. The van der Waals surface area contributed by atoms with E-state index < -0.39 is 5.60 Å². The molecule has 1 N–H and O–H groups in total. The van der Waals surface area contributed by atoms with Crippen LogP contribution in [0.5, 0.6) is 0 Å². The molecule has 0 radical (unpaired) electrons. The normalized spacial score (nSPS) is 9.88. The van der Waals surface area contributed by atoms with Crippen molar-refractivity contribution in [1.82, 2.24) is 0 Å². The first-order valence-corrected chi connectivity index (χ1v) is 4.72. The molecule has 0 amide bonds. The Balaban J connectivity index is 2.89. The lowest BCUT2D eigenvalue weighted by molar-refractivity contribution is 0.105. The van der Waals surface area contributed by atoms with Crippen LogP contribution in [-0.4, -0.2) is 16.5 Å². The number of carbonyl (C=O) groups excluding carboxylic acids is 1. The van der Waals surface area contributed by atoms with E-state index in [1.807, 2.05) is 6.07 Å². The number of nitriles is 1. The number of hydrogen-bond acceptors (Lipinski definition) is 3. The predicted octanol–water partition coefficient (Wildman–Crippen LogP) is 1.52. The van der Waals surface area contributed by atoms with Gasteiger partial charge in [-0.15, -0.1) is 0 Å². The molecule has 80 valence electrons. The van der Waals surface area contributed by atoms with Crippen LogP contribution < -0.4 is 0 Å². The number of benzene rings is 1. The summed E-state index contributed by atoms with van der Waals surface area (Å²) in [5.74, 6) is 4.43. The van der Waals surface area contributed by atoms with Crippen molar-refractivity contribution in [2.75, 3.05) is 0 Å². The van der Waals surface area contributed by atoms with E-state index in [0.717, 1.165) is 0 Å². The van der Waals surface area contributed by atoms with Crippen LogP contribution >= 0.6 is 0 Å². The van der Waals surface area contributed by atoms with Gasteiger partial charge < -0.3 is 5.11 Å². The van der Waals surface area contributed by atoms with Gasteiger partial charge in [0.2, 0.25) is 5.78 Å². The van der Waals surface area contributed by atoms with Crippen LogP contribution in [0.25, 0.3) is 0 Å². The first-order chi connectivity index (χ1) is 7.42. The first kappa shape index (κ1) is 12.0. The highest BCUT2D eigenvalue weighted by atomic mass is 16.3. The van der Waals surface area contributed by atoms with Crippen LogP contribution in [0.2, 0.25) is 0 Å². The molecule has 0 aliphatic rings. The minimum atomic E-state index is -1.18. The molecule has 1 aromatic carbocycles. The van der Waals surface area contributed by atoms with Crippen molar-refractivity contribution in [2.24, 2.45) is 0 Å². The summed E-state index contributed by atoms with van der Waals surface area (Å²) >= 11 is 0. The summed E-state index contributed by atoms with van der Waals surface area (Å²) < 4.78 is 0. The lowest BCUT2D eigenvalue weighted by Gasteiger charge is -2.05. The standard InChI is InChI=1S/C13H11NO2/c1-13(2,16)8-7-12(15)11-5-3-10(9-14)4-6-11/h3-6,16H,1-2H3. The fourth-order valence-corrected chi connectivity index (χ4v) is 0.978. The Kier molecular flexibility index (Phi) is 3.45. The molecule has 0 saturated heterocycles. The van der Waals surface area contributed by atoms with E-state index in [-0.39, 0.29) is 5.78 Å². The van der Waals surface area contributed by atoms with Gasteiger partial charge in [0.05, 0.1) is 11.6 Å². The Morgan fingerprint density at radius 2 is 1.88 bits per heavy atom. The summed E-state index contributed by atoms with van der Waals surface area (Å²) in [5.41, 5.74) is -0.273. The molecule has 1 rings (SSSR count). The number of aliphatic hydroxyl groups is 1. The number of nitrogens with zero attached hydrogens (tertiary/aromatic N) is 1. The van der Waals surface area contributed by atoms with E-state index in [1.54, 1.807) is 24.3 Å². The second kappa shape index (κ2) is 4.61. The molecule has 0 unspecified atom stereocenters. The van der Waals surface area contributed by atoms with Crippen LogP contribution in [0, 0.1) is 23.2 Å². The Hall–Kier alpha value is -2.10. The van der Waals surface area contributed by atoms with Crippen LogP contribution in [-0.2, 0) is 0 Å². The molecule has 0 aliphatic carbocycles. The molecule has 0 bridgehead atoms. The van der Waals surface area contributed by atoms with Gasteiger partial charge in [0.25, 0.3) is 0 Å². The quantitative estimate of drug-likeness (QED) is 0.437. The van der Waals surface area contributed by atoms with Gasteiger partial charge in [0.15, 0.2) is 0 Å². The van der Waals surface area contributed by atoms with E-state index in [0.29, 0.717) is 11.1 Å². The van der Waals surface area contributed by atoms with Crippen molar-refractivity contribution < 1.29 is 9.90 Å². The minimum Gasteiger partial charge on any atom is -0.378 e.